The van der Waals surface area contributed by atoms with Gasteiger partial charge >= 0.3 is 0 Å². The molecule has 3 N–H and O–H groups in total. The summed E-state index contributed by atoms with van der Waals surface area (Å²) in [6.07, 6.45) is 6.98. The largest absolute Gasteiger partial charge is 0.383 e. The van der Waals surface area contributed by atoms with Gasteiger partial charge in [0, 0.05) is 29.9 Å². The van der Waals surface area contributed by atoms with E-state index in [0.29, 0.717) is 28.5 Å². The molecule has 1 saturated heterocycles. The van der Waals surface area contributed by atoms with Gasteiger partial charge in [-0.05, 0) is 56.9 Å². The minimum Gasteiger partial charge on any atom is -0.383 e. The first-order valence-corrected chi connectivity index (χ1v) is 11.0. The standard InChI is InChI=1S/C24H23N7O/c1-14(32)19-12-27-24(25)22-20(29-31(23(19)22)18-8-9-26-11-18)7-3-15-2-4-16-13-30(17-5-6-17)28-21(16)10-15/h2,4,10,12-13,17-18,26H,5-6,8-9,11H2,1H3,(H2,25,27)/t18-/m0/s1. The average molecular weight is 425 g/mol. The molecule has 1 aliphatic carbocycles. The smallest absolute Gasteiger partial charge is 0.163 e. The number of rotatable bonds is 3. The normalized spacial score (nSPS) is 18.2. The van der Waals surface area contributed by atoms with Gasteiger partial charge in [-0.25, -0.2) is 4.98 Å². The van der Waals surface area contributed by atoms with Crippen LogP contribution in [-0.2, 0) is 0 Å². The van der Waals surface area contributed by atoms with E-state index in [2.05, 4.69) is 39.1 Å². The lowest BCUT2D eigenvalue weighted by molar-refractivity contribution is 0.101. The number of hydrogen-bond acceptors (Lipinski definition) is 6. The number of anilines is 1. The van der Waals surface area contributed by atoms with Crippen molar-refractivity contribution in [2.75, 3.05) is 18.8 Å². The van der Waals surface area contributed by atoms with Gasteiger partial charge in [0.05, 0.1) is 34.1 Å². The van der Waals surface area contributed by atoms with Crippen molar-refractivity contribution in [3.63, 3.8) is 0 Å². The molecule has 0 amide bonds. The van der Waals surface area contributed by atoms with Gasteiger partial charge in [0.2, 0.25) is 0 Å². The second kappa shape index (κ2) is 7.18. The van der Waals surface area contributed by atoms with Crippen molar-refractivity contribution < 1.29 is 4.79 Å². The van der Waals surface area contributed by atoms with Crippen LogP contribution in [0.25, 0.3) is 21.8 Å². The molecule has 6 rings (SSSR count). The number of aromatic nitrogens is 5. The zero-order valence-electron chi connectivity index (χ0n) is 17.8. The maximum absolute atomic E-state index is 12.3. The van der Waals surface area contributed by atoms with Crippen molar-refractivity contribution in [1.82, 2.24) is 29.9 Å². The number of nitrogens with one attached hydrogen (secondary N) is 1. The quantitative estimate of drug-likeness (QED) is 0.386. The van der Waals surface area contributed by atoms with Gasteiger partial charge in [0.15, 0.2) is 5.78 Å². The molecule has 2 aliphatic rings. The van der Waals surface area contributed by atoms with Gasteiger partial charge in [0.25, 0.3) is 0 Å². The number of ketones is 1. The molecule has 160 valence electrons. The van der Waals surface area contributed by atoms with E-state index < -0.39 is 0 Å². The van der Waals surface area contributed by atoms with E-state index in [0.717, 1.165) is 41.5 Å². The lowest BCUT2D eigenvalue weighted by Crippen LogP contribution is -2.15. The summed E-state index contributed by atoms with van der Waals surface area (Å²) < 4.78 is 3.97. The minimum absolute atomic E-state index is 0.0641. The first kappa shape index (κ1) is 19.0. The van der Waals surface area contributed by atoms with Gasteiger partial charge in [-0.15, -0.1) is 0 Å². The summed E-state index contributed by atoms with van der Waals surface area (Å²) in [5.74, 6) is 6.69. The third-order valence-corrected chi connectivity index (χ3v) is 6.29. The maximum Gasteiger partial charge on any atom is 0.163 e. The maximum atomic E-state index is 12.3. The topological polar surface area (TPSA) is 104 Å². The Labute approximate surface area is 184 Å². The van der Waals surface area contributed by atoms with E-state index in [4.69, 9.17) is 15.9 Å². The van der Waals surface area contributed by atoms with Crippen molar-refractivity contribution in [2.45, 2.75) is 38.3 Å². The summed E-state index contributed by atoms with van der Waals surface area (Å²) >= 11 is 0. The minimum atomic E-state index is -0.0641. The van der Waals surface area contributed by atoms with Crippen LogP contribution < -0.4 is 11.1 Å². The van der Waals surface area contributed by atoms with Gasteiger partial charge in [-0.1, -0.05) is 5.92 Å². The number of carbonyl (C=O) groups is 1. The second-order valence-corrected chi connectivity index (χ2v) is 8.64. The van der Waals surface area contributed by atoms with Crippen LogP contribution in [0, 0.1) is 11.8 Å². The summed E-state index contributed by atoms with van der Waals surface area (Å²) in [5, 5.41) is 14.6. The van der Waals surface area contributed by atoms with Gasteiger partial charge in [-0.3, -0.25) is 14.2 Å². The number of carbonyl (C=O) groups excluding carboxylic acids is 1. The highest BCUT2D eigenvalue weighted by Crippen LogP contribution is 2.35. The Bertz CT molecular complexity index is 1440. The van der Waals surface area contributed by atoms with Gasteiger partial charge < -0.3 is 11.1 Å². The monoisotopic (exact) mass is 425 g/mol. The molecule has 32 heavy (non-hydrogen) atoms. The molecule has 1 atom stereocenters. The molecule has 0 radical (unpaired) electrons. The van der Waals surface area contributed by atoms with E-state index in [1.54, 1.807) is 6.20 Å². The molecule has 4 heterocycles. The van der Waals surface area contributed by atoms with E-state index >= 15 is 0 Å². The van der Waals surface area contributed by atoms with Gasteiger partial charge in [0.1, 0.15) is 11.5 Å². The van der Waals surface area contributed by atoms with E-state index in [1.165, 1.54) is 19.8 Å². The molecular formula is C24H23N7O. The first-order valence-electron chi connectivity index (χ1n) is 11.0. The fraction of sp³-hybridized carbons (Fsp3) is 0.333. The van der Waals surface area contributed by atoms with E-state index in [1.807, 2.05) is 16.8 Å². The third-order valence-electron chi connectivity index (χ3n) is 6.29. The van der Waals surface area contributed by atoms with E-state index in [-0.39, 0.29) is 11.8 Å². The number of hydrogen-bond donors (Lipinski definition) is 2. The van der Waals surface area contributed by atoms with Crippen LogP contribution in [0.3, 0.4) is 0 Å². The number of benzene rings is 1. The Morgan fingerprint density at radius 1 is 1.19 bits per heavy atom. The highest BCUT2D eigenvalue weighted by atomic mass is 16.1. The molecule has 1 aromatic carbocycles. The fourth-order valence-corrected chi connectivity index (χ4v) is 4.42. The summed E-state index contributed by atoms with van der Waals surface area (Å²) in [6, 6.07) is 6.75. The predicted octanol–water partition coefficient (Wildman–Crippen LogP) is 2.83. The molecule has 0 unspecified atom stereocenters. The zero-order valence-corrected chi connectivity index (χ0v) is 17.8. The highest BCUT2D eigenvalue weighted by molar-refractivity contribution is 6.09. The highest BCUT2D eigenvalue weighted by Gasteiger charge is 2.26. The summed E-state index contributed by atoms with van der Waals surface area (Å²) in [6.45, 7) is 3.25. The van der Waals surface area contributed by atoms with Crippen molar-refractivity contribution >= 4 is 33.4 Å². The molecule has 0 bridgehead atoms. The lowest BCUT2D eigenvalue weighted by atomic mass is 10.1. The molecule has 3 aromatic heterocycles. The summed E-state index contributed by atoms with van der Waals surface area (Å²) in [7, 11) is 0. The second-order valence-electron chi connectivity index (χ2n) is 8.64. The number of pyridine rings is 1. The molecule has 2 fully saturated rings. The predicted molar refractivity (Wildman–Crippen MR) is 122 cm³/mol. The first-order chi connectivity index (χ1) is 15.6. The number of Topliss-reactive ketones (excluding diaryl/α,β-unsaturated/α-hetero) is 1. The van der Waals surface area contributed by atoms with Crippen LogP contribution in [-0.4, -0.2) is 43.4 Å². The van der Waals surface area contributed by atoms with E-state index in [9.17, 15) is 4.79 Å². The van der Waals surface area contributed by atoms with Crippen molar-refractivity contribution in [2.24, 2.45) is 0 Å². The molecule has 8 heteroatoms. The van der Waals surface area contributed by atoms with Crippen molar-refractivity contribution in [3.8, 4) is 11.8 Å². The van der Waals surface area contributed by atoms with Crippen LogP contribution in [0.2, 0.25) is 0 Å². The van der Waals surface area contributed by atoms with Crippen LogP contribution in [0.4, 0.5) is 5.82 Å². The third kappa shape index (κ3) is 3.13. The Kier molecular flexibility index (Phi) is 4.26. The van der Waals surface area contributed by atoms with Crippen LogP contribution in [0.15, 0.2) is 30.6 Å². The SMILES string of the molecule is CC(=O)c1cnc(N)c2c(C#Cc3ccc4cn(C5CC5)nc4c3)nn([C@H]3CCNC3)c12. The number of fused-ring (bicyclic) bond motifs is 2. The molecular weight excluding hydrogens is 402 g/mol. The number of nitrogens with two attached hydrogens (primary N) is 1. The average Bonchev–Trinajstić information content (AvgIpc) is 3.18. The molecule has 1 aliphatic heterocycles. The van der Waals surface area contributed by atoms with Crippen molar-refractivity contribution in [1.29, 1.82) is 0 Å². The van der Waals surface area contributed by atoms with Gasteiger partial charge in [-0.2, -0.15) is 10.2 Å². The number of nitrogen functional groups attached to an aromatic ring is 1. The lowest BCUT2D eigenvalue weighted by Gasteiger charge is -2.12. The van der Waals surface area contributed by atoms with Crippen LogP contribution in [0.5, 0.6) is 0 Å². The Balaban J connectivity index is 1.47. The van der Waals surface area contributed by atoms with Crippen LogP contribution >= 0.6 is 0 Å². The Morgan fingerprint density at radius 2 is 2.06 bits per heavy atom. The molecule has 8 nitrogen and oxygen atoms in total. The molecule has 1 saturated carbocycles. The Morgan fingerprint density at radius 3 is 2.81 bits per heavy atom. The summed E-state index contributed by atoms with van der Waals surface area (Å²) in [5.41, 5.74) is 9.84. The van der Waals surface area contributed by atoms with Crippen LogP contribution in [0.1, 0.15) is 59.9 Å². The van der Waals surface area contributed by atoms with Crippen molar-refractivity contribution in [3.05, 3.63) is 47.4 Å². The fourth-order valence-electron chi connectivity index (χ4n) is 4.42. The summed E-state index contributed by atoms with van der Waals surface area (Å²) in [4.78, 5) is 16.6. The molecule has 0 spiro atoms. The zero-order chi connectivity index (χ0) is 21.8. The Hall–Kier alpha value is -3.70. The molecule has 4 aromatic rings. The number of nitrogens with zero attached hydrogens (tertiary/aromatic N) is 5.